The van der Waals surface area contributed by atoms with E-state index in [0.717, 1.165) is 29.0 Å². The molecule has 5 rings (SSSR count). The van der Waals surface area contributed by atoms with Gasteiger partial charge in [0.15, 0.2) is 0 Å². The second-order valence-corrected chi connectivity index (χ2v) is 8.59. The molecular formula is C25H23N5O2S. The lowest BCUT2D eigenvalue weighted by Gasteiger charge is -2.17. The van der Waals surface area contributed by atoms with Crippen molar-refractivity contribution in [1.29, 1.82) is 0 Å². The van der Waals surface area contributed by atoms with Crippen molar-refractivity contribution < 1.29 is 9.53 Å². The summed E-state index contributed by atoms with van der Waals surface area (Å²) in [5, 5.41) is 7.99. The molecule has 0 spiro atoms. The Labute approximate surface area is 195 Å². The van der Waals surface area contributed by atoms with Gasteiger partial charge in [0.05, 0.1) is 5.52 Å². The van der Waals surface area contributed by atoms with Crippen LogP contribution in [0.4, 0.5) is 23.0 Å². The lowest BCUT2D eigenvalue weighted by Crippen LogP contribution is -2.17. The molecule has 2 N–H and O–H groups in total. The first-order valence-electron chi connectivity index (χ1n) is 10.8. The Morgan fingerprint density at radius 3 is 2.67 bits per heavy atom. The third kappa shape index (κ3) is 4.80. The van der Waals surface area contributed by atoms with Crippen molar-refractivity contribution in [3.05, 3.63) is 72.6 Å². The monoisotopic (exact) mass is 457 g/mol. The number of amides is 1. The molecule has 1 aliphatic rings. The zero-order chi connectivity index (χ0) is 22.6. The minimum atomic E-state index is -0.280. The van der Waals surface area contributed by atoms with E-state index in [9.17, 15) is 4.79 Å². The summed E-state index contributed by atoms with van der Waals surface area (Å²) in [6, 6.07) is 17.4. The molecule has 0 unspecified atom stereocenters. The molecule has 7 nitrogen and oxygen atoms in total. The average molecular weight is 458 g/mol. The van der Waals surface area contributed by atoms with Gasteiger partial charge in [-0.1, -0.05) is 12.6 Å². The number of anilines is 4. The molecule has 3 heterocycles. The van der Waals surface area contributed by atoms with Gasteiger partial charge in [0.2, 0.25) is 17.7 Å². The van der Waals surface area contributed by atoms with Crippen molar-refractivity contribution >= 4 is 50.5 Å². The number of aromatic nitrogens is 2. The first-order chi connectivity index (χ1) is 16.2. The molecule has 33 heavy (non-hydrogen) atoms. The Hall–Kier alpha value is -3.91. The Morgan fingerprint density at radius 1 is 1.06 bits per heavy atom. The number of nitrogens with one attached hydrogen (secondary N) is 2. The van der Waals surface area contributed by atoms with E-state index in [2.05, 4.69) is 44.2 Å². The normalized spacial score (nSPS) is 13.2. The van der Waals surface area contributed by atoms with Gasteiger partial charge in [0, 0.05) is 36.2 Å². The molecule has 0 radical (unpaired) electrons. The largest absolute Gasteiger partial charge is 0.437 e. The predicted molar refractivity (Wildman–Crippen MR) is 134 cm³/mol. The molecule has 166 valence electrons. The van der Waals surface area contributed by atoms with Crippen LogP contribution in [-0.2, 0) is 4.79 Å². The van der Waals surface area contributed by atoms with Crippen molar-refractivity contribution in [2.24, 2.45) is 0 Å². The van der Waals surface area contributed by atoms with Crippen LogP contribution >= 0.6 is 11.3 Å². The maximum atomic E-state index is 11.6. The van der Waals surface area contributed by atoms with Gasteiger partial charge in [-0.2, -0.15) is 4.98 Å². The molecule has 1 fully saturated rings. The maximum absolute atomic E-state index is 11.6. The molecule has 1 amide bonds. The Balaban J connectivity index is 1.38. The van der Waals surface area contributed by atoms with Crippen LogP contribution in [0.2, 0.25) is 0 Å². The minimum Gasteiger partial charge on any atom is -0.437 e. The molecule has 1 aliphatic heterocycles. The lowest BCUT2D eigenvalue weighted by atomic mass is 10.2. The van der Waals surface area contributed by atoms with Crippen LogP contribution in [0.5, 0.6) is 11.6 Å². The van der Waals surface area contributed by atoms with E-state index in [0.29, 0.717) is 23.3 Å². The fourth-order valence-electron chi connectivity index (χ4n) is 3.76. The van der Waals surface area contributed by atoms with Crippen LogP contribution in [0.3, 0.4) is 0 Å². The maximum Gasteiger partial charge on any atom is 0.247 e. The van der Waals surface area contributed by atoms with Crippen LogP contribution < -0.4 is 20.3 Å². The standard InChI is InChI=1S/C25H23N5O2S/c1-2-22(31)26-18-6-5-7-20(16-18)32-24-23-21(12-15-33-23)28-25(29-24)27-17-8-10-19(11-9-17)30-13-3-4-14-30/h2,5-12,15-16H,1,3-4,13-14H2,(H,26,31)(H,27,28,29). The molecule has 0 aliphatic carbocycles. The SMILES string of the molecule is C=CC(=O)Nc1cccc(Oc2nc(Nc3ccc(N4CCCC4)cc3)nc3ccsc23)c1. The van der Waals surface area contributed by atoms with E-state index in [-0.39, 0.29) is 5.91 Å². The summed E-state index contributed by atoms with van der Waals surface area (Å²) >= 11 is 1.52. The number of fused-ring (bicyclic) bond motifs is 1. The quantitative estimate of drug-likeness (QED) is 0.334. The van der Waals surface area contributed by atoms with Crippen molar-refractivity contribution in [2.75, 3.05) is 28.6 Å². The van der Waals surface area contributed by atoms with Crippen molar-refractivity contribution in [2.45, 2.75) is 12.8 Å². The van der Waals surface area contributed by atoms with Crippen molar-refractivity contribution in [3.63, 3.8) is 0 Å². The Kier molecular flexibility index (Phi) is 5.91. The topological polar surface area (TPSA) is 79.4 Å². The van der Waals surface area contributed by atoms with Gasteiger partial charge in [-0.05, 0) is 66.8 Å². The van der Waals surface area contributed by atoms with Crippen LogP contribution in [0.1, 0.15) is 12.8 Å². The number of thiophene rings is 1. The van der Waals surface area contributed by atoms with Gasteiger partial charge in [0.1, 0.15) is 10.4 Å². The zero-order valence-corrected chi connectivity index (χ0v) is 18.8. The highest BCUT2D eigenvalue weighted by molar-refractivity contribution is 7.17. The minimum absolute atomic E-state index is 0.280. The molecule has 0 saturated carbocycles. The number of rotatable bonds is 7. The lowest BCUT2D eigenvalue weighted by molar-refractivity contribution is -0.111. The number of carbonyl (C=O) groups is 1. The Morgan fingerprint density at radius 2 is 1.88 bits per heavy atom. The van der Waals surface area contributed by atoms with E-state index in [1.54, 1.807) is 12.1 Å². The summed E-state index contributed by atoms with van der Waals surface area (Å²) in [5.41, 5.74) is 3.56. The first-order valence-corrected chi connectivity index (χ1v) is 11.6. The van der Waals surface area contributed by atoms with E-state index in [4.69, 9.17) is 4.74 Å². The summed E-state index contributed by atoms with van der Waals surface area (Å²) in [4.78, 5) is 23.3. The highest BCUT2D eigenvalue weighted by Gasteiger charge is 2.14. The molecule has 0 bridgehead atoms. The van der Waals surface area contributed by atoms with Crippen LogP contribution in [0.25, 0.3) is 10.2 Å². The van der Waals surface area contributed by atoms with Crippen LogP contribution in [0.15, 0.2) is 72.6 Å². The number of ether oxygens (including phenoxy) is 1. The summed E-state index contributed by atoms with van der Waals surface area (Å²) in [5.74, 6) is 1.20. The number of hydrogen-bond acceptors (Lipinski definition) is 7. The molecule has 8 heteroatoms. The molecule has 2 aromatic carbocycles. The summed E-state index contributed by atoms with van der Waals surface area (Å²) in [6.45, 7) is 5.71. The number of hydrogen-bond donors (Lipinski definition) is 2. The van der Waals surface area contributed by atoms with E-state index >= 15 is 0 Å². The van der Waals surface area contributed by atoms with Gasteiger partial charge >= 0.3 is 0 Å². The van der Waals surface area contributed by atoms with Gasteiger partial charge in [0.25, 0.3) is 0 Å². The second-order valence-electron chi connectivity index (χ2n) is 7.68. The van der Waals surface area contributed by atoms with Crippen molar-refractivity contribution in [1.82, 2.24) is 9.97 Å². The highest BCUT2D eigenvalue weighted by Crippen LogP contribution is 2.34. The van der Waals surface area contributed by atoms with Gasteiger partial charge < -0.3 is 20.3 Å². The third-order valence-corrected chi connectivity index (χ3v) is 6.26. The first kappa shape index (κ1) is 21.0. The molecule has 4 aromatic rings. The molecular weight excluding hydrogens is 434 g/mol. The van der Waals surface area contributed by atoms with E-state index in [1.807, 2.05) is 35.7 Å². The second kappa shape index (κ2) is 9.30. The van der Waals surface area contributed by atoms with E-state index in [1.165, 1.54) is 35.9 Å². The summed E-state index contributed by atoms with van der Waals surface area (Å²) < 4.78 is 6.96. The number of benzene rings is 2. The average Bonchev–Trinajstić information content (AvgIpc) is 3.52. The number of carbonyl (C=O) groups excluding carboxylic acids is 1. The fraction of sp³-hybridized carbons (Fsp3) is 0.160. The Bertz CT molecular complexity index is 1300. The molecule has 1 saturated heterocycles. The highest BCUT2D eigenvalue weighted by atomic mass is 32.1. The smallest absolute Gasteiger partial charge is 0.247 e. The van der Waals surface area contributed by atoms with Crippen LogP contribution in [0, 0.1) is 0 Å². The summed E-state index contributed by atoms with van der Waals surface area (Å²) in [6.07, 6.45) is 3.73. The van der Waals surface area contributed by atoms with Gasteiger partial charge in [-0.25, -0.2) is 4.98 Å². The van der Waals surface area contributed by atoms with Crippen LogP contribution in [-0.4, -0.2) is 29.0 Å². The fourth-order valence-corrected chi connectivity index (χ4v) is 4.52. The van der Waals surface area contributed by atoms with E-state index < -0.39 is 0 Å². The van der Waals surface area contributed by atoms with Gasteiger partial charge in [-0.15, -0.1) is 11.3 Å². The van der Waals surface area contributed by atoms with Crippen molar-refractivity contribution in [3.8, 4) is 11.6 Å². The number of nitrogens with zero attached hydrogens (tertiary/aromatic N) is 3. The predicted octanol–water partition coefficient (Wildman–Crippen LogP) is 5.95. The molecule has 2 aromatic heterocycles. The molecule has 0 atom stereocenters. The summed E-state index contributed by atoms with van der Waals surface area (Å²) in [7, 11) is 0. The zero-order valence-electron chi connectivity index (χ0n) is 18.0. The van der Waals surface area contributed by atoms with Gasteiger partial charge in [-0.3, -0.25) is 4.79 Å². The third-order valence-electron chi connectivity index (χ3n) is 5.37.